The Bertz CT molecular complexity index is 586. The number of rotatable bonds is 4. The Morgan fingerprint density at radius 2 is 1.76 bits per heavy atom. The van der Waals surface area contributed by atoms with E-state index in [2.05, 4.69) is 10.1 Å². The van der Waals surface area contributed by atoms with Gasteiger partial charge < -0.3 is 30.1 Å². The van der Waals surface area contributed by atoms with Gasteiger partial charge in [-0.25, -0.2) is 14.4 Å². The quantitative estimate of drug-likeness (QED) is 0.646. The molecule has 0 saturated carbocycles. The summed E-state index contributed by atoms with van der Waals surface area (Å²) in [5.74, 6) is -1.91. The molecule has 0 aliphatic carbocycles. The minimum Gasteiger partial charge on any atom is -0.480 e. The summed E-state index contributed by atoms with van der Waals surface area (Å²) >= 11 is 0. The lowest BCUT2D eigenvalue weighted by Crippen LogP contribution is -2.60. The van der Waals surface area contributed by atoms with Gasteiger partial charge in [0.2, 0.25) is 5.91 Å². The maximum Gasteiger partial charge on any atom is 0.407 e. The zero-order valence-corrected chi connectivity index (χ0v) is 14.4. The van der Waals surface area contributed by atoms with Gasteiger partial charge in [-0.3, -0.25) is 4.79 Å². The van der Waals surface area contributed by atoms with E-state index in [1.54, 1.807) is 13.8 Å². The summed E-state index contributed by atoms with van der Waals surface area (Å²) < 4.78 is 4.52. The first-order chi connectivity index (χ1) is 11.6. The number of carboxylic acid groups (broad SMARTS) is 2. The van der Waals surface area contributed by atoms with Crippen molar-refractivity contribution in [2.45, 2.75) is 32.4 Å². The summed E-state index contributed by atoms with van der Waals surface area (Å²) in [6.45, 7) is 4.02. The van der Waals surface area contributed by atoms with Crippen molar-refractivity contribution in [1.82, 2.24) is 15.1 Å². The van der Waals surface area contributed by atoms with Gasteiger partial charge >= 0.3 is 18.2 Å². The molecular formula is C15H23N3O7. The number of alkyl carbamates (subject to hydrolysis) is 1. The van der Waals surface area contributed by atoms with E-state index in [1.807, 2.05) is 0 Å². The van der Waals surface area contributed by atoms with Crippen LogP contribution in [0.3, 0.4) is 0 Å². The predicted octanol–water partition coefficient (Wildman–Crippen LogP) is 0.0325. The molecule has 0 aromatic heterocycles. The van der Waals surface area contributed by atoms with Crippen LogP contribution in [0.4, 0.5) is 9.59 Å². The van der Waals surface area contributed by atoms with E-state index in [-0.39, 0.29) is 32.0 Å². The summed E-state index contributed by atoms with van der Waals surface area (Å²) in [6.07, 6.45) is -1.64. The minimum atomic E-state index is -1.14. The standard InChI is InChI=1S/C15H23N3O7/c1-8(2)10(16-13(22)25-3)11(19)18-7-15(4-9(18)12(20)21)5-17(6-15)14(23)24/h8-10H,4-7H2,1-3H3,(H,16,22)(H,20,21)(H,23,24)/t9?,10-/m0/s1. The molecule has 140 valence electrons. The van der Waals surface area contributed by atoms with Gasteiger partial charge in [-0.05, 0) is 12.3 Å². The number of amides is 3. The van der Waals surface area contributed by atoms with E-state index >= 15 is 0 Å². The summed E-state index contributed by atoms with van der Waals surface area (Å²) in [5.41, 5.74) is -0.538. The normalized spacial score (nSPS) is 22.5. The average Bonchev–Trinajstić information content (AvgIpc) is 2.91. The number of hydrogen-bond acceptors (Lipinski definition) is 5. The van der Waals surface area contributed by atoms with Crippen LogP contribution in [0.2, 0.25) is 0 Å². The fourth-order valence-corrected chi connectivity index (χ4v) is 3.51. The minimum absolute atomic E-state index is 0.151. The first-order valence-corrected chi connectivity index (χ1v) is 7.96. The fourth-order valence-electron chi connectivity index (χ4n) is 3.51. The van der Waals surface area contributed by atoms with Gasteiger partial charge in [-0.1, -0.05) is 13.8 Å². The second-order valence-corrected chi connectivity index (χ2v) is 7.02. The smallest absolute Gasteiger partial charge is 0.407 e. The van der Waals surface area contributed by atoms with E-state index in [9.17, 15) is 24.3 Å². The highest BCUT2D eigenvalue weighted by molar-refractivity contribution is 5.90. The molecule has 0 aromatic rings. The first-order valence-electron chi connectivity index (χ1n) is 7.96. The molecule has 2 fully saturated rings. The molecule has 0 aromatic carbocycles. The van der Waals surface area contributed by atoms with Crippen molar-refractivity contribution in [2.24, 2.45) is 11.3 Å². The van der Waals surface area contributed by atoms with Gasteiger partial charge in [0.25, 0.3) is 0 Å². The third-order valence-electron chi connectivity index (χ3n) is 4.79. The molecule has 25 heavy (non-hydrogen) atoms. The summed E-state index contributed by atoms with van der Waals surface area (Å²) in [4.78, 5) is 49.3. The largest absolute Gasteiger partial charge is 0.480 e. The molecule has 2 heterocycles. The average molecular weight is 357 g/mol. The van der Waals surface area contributed by atoms with Crippen LogP contribution < -0.4 is 5.32 Å². The number of nitrogens with one attached hydrogen (secondary N) is 1. The van der Waals surface area contributed by atoms with Crippen molar-refractivity contribution in [3.63, 3.8) is 0 Å². The van der Waals surface area contributed by atoms with Crippen LogP contribution >= 0.6 is 0 Å². The first kappa shape index (κ1) is 18.8. The number of carboxylic acids is 1. The van der Waals surface area contributed by atoms with Crippen LogP contribution in [0.1, 0.15) is 20.3 Å². The maximum absolute atomic E-state index is 12.9. The Morgan fingerprint density at radius 3 is 2.20 bits per heavy atom. The molecule has 1 spiro atoms. The van der Waals surface area contributed by atoms with Crippen molar-refractivity contribution in [2.75, 3.05) is 26.7 Å². The van der Waals surface area contributed by atoms with Crippen molar-refractivity contribution < 1.29 is 34.1 Å². The van der Waals surface area contributed by atoms with Crippen LogP contribution in [0.25, 0.3) is 0 Å². The van der Waals surface area contributed by atoms with E-state index < -0.39 is 41.6 Å². The number of likely N-dealkylation sites (tertiary alicyclic amines) is 2. The number of ether oxygens (including phenoxy) is 1. The Labute approximate surface area is 144 Å². The molecule has 3 amide bonds. The SMILES string of the molecule is COC(=O)N[C@H](C(=O)N1CC2(CC1C(=O)O)CN(C(=O)O)C2)C(C)C. The Hall–Kier alpha value is -2.52. The topological polar surface area (TPSA) is 136 Å². The van der Waals surface area contributed by atoms with Crippen molar-refractivity contribution >= 4 is 24.1 Å². The van der Waals surface area contributed by atoms with Crippen LogP contribution in [0.15, 0.2) is 0 Å². The highest BCUT2D eigenvalue weighted by atomic mass is 16.5. The molecule has 2 aliphatic heterocycles. The lowest BCUT2D eigenvalue weighted by Gasteiger charge is -2.46. The van der Waals surface area contributed by atoms with Crippen LogP contribution in [-0.2, 0) is 14.3 Å². The number of carbonyl (C=O) groups excluding carboxylic acids is 2. The number of carbonyl (C=O) groups is 4. The van der Waals surface area contributed by atoms with Crippen molar-refractivity contribution in [3.8, 4) is 0 Å². The number of methoxy groups -OCH3 is 1. The van der Waals surface area contributed by atoms with Crippen LogP contribution in [0, 0.1) is 11.3 Å². The monoisotopic (exact) mass is 357 g/mol. The Morgan fingerprint density at radius 1 is 1.16 bits per heavy atom. The molecular weight excluding hydrogens is 334 g/mol. The molecule has 2 atom stereocenters. The van der Waals surface area contributed by atoms with E-state index in [0.29, 0.717) is 0 Å². The maximum atomic E-state index is 12.9. The second kappa shape index (κ2) is 6.77. The molecule has 3 N–H and O–H groups in total. The molecule has 10 heteroatoms. The molecule has 2 aliphatic rings. The van der Waals surface area contributed by atoms with Gasteiger partial charge in [-0.15, -0.1) is 0 Å². The predicted molar refractivity (Wildman–Crippen MR) is 84.0 cm³/mol. The summed E-state index contributed by atoms with van der Waals surface area (Å²) in [7, 11) is 1.18. The molecule has 0 radical (unpaired) electrons. The Balaban J connectivity index is 2.17. The number of nitrogens with zero attached hydrogens (tertiary/aromatic N) is 2. The third kappa shape index (κ3) is 3.62. The zero-order chi connectivity index (χ0) is 18.9. The molecule has 0 bridgehead atoms. The van der Waals surface area contributed by atoms with E-state index in [0.717, 1.165) is 0 Å². The fraction of sp³-hybridized carbons (Fsp3) is 0.733. The Kier molecular flexibility index (Phi) is 5.09. The number of aliphatic carboxylic acids is 1. The van der Waals surface area contributed by atoms with E-state index in [4.69, 9.17) is 5.11 Å². The van der Waals surface area contributed by atoms with Crippen molar-refractivity contribution in [1.29, 1.82) is 0 Å². The van der Waals surface area contributed by atoms with Crippen LogP contribution in [0.5, 0.6) is 0 Å². The zero-order valence-electron chi connectivity index (χ0n) is 14.4. The highest BCUT2D eigenvalue weighted by Crippen LogP contribution is 2.43. The van der Waals surface area contributed by atoms with Gasteiger partial charge in [0.1, 0.15) is 12.1 Å². The van der Waals surface area contributed by atoms with Gasteiger partial charge in [0, 0.05) is 25.0 Å². The lowest BCUT2D eigenvalue weighted by molar-refractivity contribution is -0.149. The summed E-state index contributed by atoms with van der Waals surface area (Å²) in [5, 5.41) is 20.9. The van der Waals surface area contributed by atoms with E-state index in [1.165, 1.54) is 16.9 Å². The van der Waals surface area contributed by atoms with Crippen LogP contribution in [-0.4, -0.2) is 82.9 Å². The highest BCUT2D eigenvalue weighted by Gasteiger charge is 2.56. The number of hydrogen-bond donors (Lipinski definition) is 3. The third-order valence-corrected chi connectivity index (χ3v) is 4.79. The molecule has 2 rings (SSSR count). The lowest BCUT2D eigenvalue weighted by atomic mass is 9.78. The molecule has 2 saturated heterocycles. The molecule has 1 unspecified atom stereocenters. The second-order valence-electron chi connectivity index (χ2n) is 7.02. The van der Waals surface area contributed by atoms with Gasteiger partial charge in [-0.2, -0.15) is 0 Å². The van der Waals surface area contributed by atoms with Gasteiger partial charge in [0.15, 0.2) is 0 Å². The van der Waals surface area contributed by atoms with Gasteiger partial charge in [0.05, 0.1) is 7.11 Å². The van der Waals surface area contributed by atoms with Crippen molar-refractivity contribution in [3.05, 3.63) is 0 Å². The molecule has 10 nitrogen and oxygen atoms in total. The summed E-state index contributed by atoms with van der Waals surface area (Å²) in [6, 6.07) is -1.95.